The van der Waals surface area contributed by atoms with E-state index in [0.29, 0.717) is 5.92 Å². The standard InChI is InChI=1S/C16H30N2/c1-9-10-16(7,8)14-17-12(11(2)3)13(18-14)15(4,5)6/h11,13H,9-10H2,1-8H3. The third-order valence-corrected chi connectivity index (χ3v) is 3.66. The fourth-order valence-corrected chi connectivity index (χ4v) is 2.55. The summed E-state index contributed by atoms with van der Waals surface area (Å²) in [6.07, 6.45) is 2.33. The Morgan fingerprint density at radius 3 is 2.00 bits per heavy atom. The van der Waals surface area contributed by atoms with Gasteiger partial charge in [0, 0.05) is 11.1 Å². The van der Waals surface area contributed by atoms with E-state index >= 15 is 0 Å². The van der Waals surface area contributed by atoms with Gasteiger partial charge in [-0.1, -0.05) is 61.8 Å². The van der Waals surface area contributed by atoms with Gasteiger partial charge in [0.15, 0.2) is 0 Å². The molecule has 2 heteroatoms. The highest BCUT2D eigenvalue weighted by Crippen LogP contribution is 2.35. The summed E-state index contributed by atoms with van der Waals surface area (Å²) in [6, 6.07) is 0.253. The van der Waals surface area contributed by atoms with Crippen molar-refractivity contribution in [3.8, 4) is 0 Å². The largest absolute Gasteiger partial charge is 0.260 e. The van der Waals surface area contributed by atoms with Gasteiger partial charge in [-0.25, -0.2) is 4.99 Å². The van der Waals surface area contributed by atoms with Crippen molar-refractivity contribution in [2.75, 3.05) is 0 Å². The molecule has 0 saturated heterocycles. The molecular weight excluding hydrogens is 220 g/mol. The zero-order chi connectivity index (χ0) is 14.1. The van der Waals surface area contributed by atoms with Crippen molar-refractivity contribution in [3.63, 3.8) is 0 Å². The molecule has 0 amide bonds. The third kappa shape index (κ3) is 3.21. The third-order valence-electron chi connectivity index (χ3n) is 3.66. The van der Waals surface area contributed by atoms with Crippen molar-refractivity contribution < 1.29 is 0 Å². The summed E-state index contributed by atoms with van der Waals surface area (Å²) in [6.45, 7) is 18.0. The van der Waals surface area contributed by atoms with Crippen LogP contribution >= 0.6 is 0 Å². The van der Waals surface area contributed by atoms with Crippen LogP contribution in [0.15, 0.2) is 9.98 Å². The zero-order valence-corrected chi connectivity index (χ0v) is 13.5. The molecule has 18 heavy (non-hydrogen) atoms. The molecule has 104 valence electrons. The SMILES string of the molecule is CCCC(C)(C)C1=NC(C(C)(C)C)C(C(C)C)=N1. The van der Waals surface area contributed by atoms with Gasteiger partial charge in [0.25, 0.3) is 0 Å². The lowest BCUT2D eigenvalue weighted by Crippen LogP contribution is -2.33. The van der Waals surface area contributed by atoms with E-state index in [9.17, 15) is 0 Å². The van der Waals surface area contributed by atoms with Gasteiger partial charge in [-0.3, -0.25) is 4.99 Å². The summed E-state index contributed by atoms with van der Waals surface area (Å²) in [5, 5.41) is 0. The summed E-state index contributed by atoms with van der Waals surface area (Å²) in [5.74, 6) is 1.54. The molecule has 1 rings (SSSR count). The summed E-state index contributed by atoms with van der Waals surface area (Å²) in [7, 11) is 0. The fourth-order valence-electron chi connectivity index (χ4n) is 2.55. The number of hydrogen-bond acceptors (Lipinski definition) is 2. The summed E-state index contributed by atoms with van der Waals surface area (Å²) >= 11 is 0. The minimum absolute atomic E-state index is 0.106. The van der Waals surface area contributed by atoms with Crippen molar-refractivity contribution in [2.24, 2.45) is 26.7 Å². The van der Waals surface area contributed by atoms with E-state index < -0.39 is 0 Å². The highest BCUT2D eigenvalue weighted by Gasteiger charge is 2.38. The highest BCUT2D eigenvalue weighted by atomic mass is 15.1. The summed E-state index contributed by atoms with van der Waals surface area (Å²) < 4.78 is 0. The van der Waals surface area contributed by atoms with Gasteiger partial charge < -0.3 is 0 Å². The van der Waals surface area contributed by atoms with Gasteiger partial charge in [0.05, 0.1) is 6.04 Å². The Hall–Kier alpha value is -0.660. The molecule has 0 saturated carbocycles. The lowest BCUT2D eigenvalue weighted by Gasteiger charge is -2.27. The van der Waals surface area contributed by atoms with Crippen LogP contribution in [0.25, 0.3) is 0 Å². The molecule has 0 aromatic rings. The van der Waals surface area contributed by atoms with E-state index in [0.717, 1.165) is 12.3 Å². The predicted molar refractivity (Wildman–Crippen MR) is 81.6 cm³/mol. The Bertz CT molecular complexity index is 354. The van der Waals surface area contributed by atoms with Crippen molar-refractivity contribution in [3.05, 3.63) is 0 Å². The molecule has 0 fully saturated rings. The van der Waals surface area contributed by atoms with Crippen LogP contribution in [0.5, 0.6) is 0 Å². The normalized spacial score (nSPS) is 21.3. The maximum atomic E-state index is 4.97. The first-order valence-corrected chi connectivity index (χ1v) is 7.26. The molecule has 0 N–H and O–H groups in total. The number of aliphatic imine (C=N–C) groups is 2. The Morgan fingerprint density at radius 2 is 1.67 bits per heavy atom. The highest BCUT2D eigenvalue weighted by molar-refractivity contribution is 6.08. The van der Waals surface area contributed by atoms with Crippen molar-refractivity contribution in [2.45, 2.75) is 74.3 Å². The fraction of sp³-hybridized carbons (Fsp3) is 0.875. The first kappa shape index (κ1) is 15.4. The molecule has 0 aromatic heterocycles. The first-order valence-electron chi connectivity index (χ1n) is 7.26. The smallest absolute Gasteiger partial charge is 0.129 e. The monoisotopic (exact) mass is 250 g/mol. The van der Waals surface area contributed by atoms with Gasteiger partial charge in [-0.15, -0.1) is 0 Å². The van der Waals surface area contributed by atoms with E-state index in [1.807, 2.05) is 0 Å². The van der Waals surface area contributed by atoms with Crippen LogP contribution in [0.4, 0.5) is 0 Å². The van der Waals surface area contributed by atoms with E-state index in [1.165, 1.54) is 12.1 Å². The molecule has 0 aromatic carbocycles. The Kier molecular flexibility index (Phi) is 4.40. The van der Waals surface area contributed by atoms with Crippen molar-refractivity contribution in [1.82, 2.24) is 0 Å². The quantitative estimate of drug-likeness (QED) is 0.688. The molecular formula is C16H30N2. The second-order valence-corrected chi connectivity index (χ2v) is 7.55. The molecule has 0 spiro atoms. The van der Waals surface area contributed by atoms with Crippen LogP contribution in [0, 0.1) is 16.7 Å². The maximum absolute atomic E-state index is 4.97. The molecule has 1 heterocycles. The molecule has 1 aliphatic rings. The molecule has 0 radical (unpaired) electrons. The average Bonchev–Trinajstić information content (AvgIpc) is 2.61. The van der Waals surface area contributed by atoms with E-state index in [-0.39, 0.29) is 16.9 Å². The average molecular weight is 250 g/mol. The maximum Gasteiger partial charge on any atom is 0.129 e. The number of amidine groups is 1. The van der Waals surface area contributed by atoms with Crippen LogP contribution in [0.3, 0.4) is 0 Å². The van der Waals surface area contributed by atoms with E-state index in [4.69, 9.17) is 9.98 Å². The first-order chi connectivity index (χ1) is 8.09. The van der Waals surface area contributed by atoms with Gasteiger partial charge in [0.1, 0.15) is 5.84 Å². The van der Waals surface area contributed by atoms with Gasteiger partial charge in [-0.2, -0.15) is 0 Å². The molecule has 0 aliphatic carbocycles. The van der Waals surface area contributed by atoms with Crippen LogP contribution in [-0.2, 0) is 0 Å². The van der Waals surface area contributed by atoms with Crippen molar-refractivity contribution in [1.29, 1.82) is 0 Å². The molecule has 1 unspecified atom stereocenters. The minimum atomic E-state index is 0.106. The Labute approximate surface area is 113 Å². The van der Waals surface area contributed by atoms with Crippen LogP contribution in [0.2, 0.25) is 0 Å². The lowest BCUT2D eigenvalue weighted by atomic mass is 9.81. The predicted octanol–water partition coefficient (Wildman–Crippen LogP) is 4.74. The lowest BCUT2D eigenvalue weighted by molar-refractivity contribution is 0.377. The molecule has 2 nitrogen and oxygen atoms in total. The summed E-state index contributed by atoms with van der Waals surface area (Å²) in [5.41, 5.74) is 1.53. The second kappa shape index (κ2) is 5.14. The minimum Gasteiger partial charge on any atom is -0.260 e. The summed E-state index contributed by atoms with van der Waals surface area (Å²) in [4.78, 5) is 9.86. The molecule has 1 aliphatic heterocycles. The molecule has 1 atom stereocenters. The van der Waals surface area contributed by atoms with Gasteiger partial charge in [-0.05, 0) is 17.8 Å². The Morgan fingerprint density at radius 1 is 1.11 bits per heavy atom. The van der Waals surface area contributed by atoms with E-state index in [1.54, 1.807) is 0 Å². The van der Waals surface area contributed by atoms with Crippen LogP contribution in [-0.4, -0.2) is 17.6 Å². The Balaban J connectivity index is 3.10. The van der Waals surface area contributed by atoms with Crippen molar-refractivity contribution >= 4 is 11.5 Å². The second-order valence-electron chi connectivity index (χ2n) is 7.55. The van der Waals surface area contributed by atoms with E-state index in [2.05, 4.69) is 55.4 Å². The number of nitrogens with zero attached hydrogens (tertiary/aromatic N) is 2. The number of rotatable bonds is 4. The van der Waals surface area contributed by atoms with Crippen LogP contribution < -0.4 is 0 Å². The zero-order valence-electron chi connectivity index (χ0n) is 13.5. The molecule has 0 bridgehead atoms. The topological polar surface area (TPSA) is 24.7 Å². The van der Waals surface area contributed by atoms with Gasteiger partial charge in [0.2, 0.25) is 0 Å². The van der Waals surface area contributed by atoms with Gasteiger partial charge >= 0.3 is 0 Å². The number of hydrogen-bond donors (Lipinski definition) is 0. The van der Waals surface area contributed by atoms with Crippen LogP contribution in [0.1, 0.15) is 68.2 Å².